The van der Waals surface area contributed by atoms with E-state index in [0.29, 0.717) is 5.56 Å². The molecule has 2 aliphatic rings. The molecule has 1 aromatic rings. The van der Waals surface area contributed by atoms with Gasteiger partial charge in [-0.25, -0.2) is 0 Å². The number of esters is 3. The molecule has 2 saturated heterocycles. The summed E-state index contributed by atoms with van der Waals surface area (Å²) in [4.78, 5) is 35.1. The lowest BCUT2D eigenvalue weighted by Gasteiger charge is -2.50. The maximum Gasteiger partial charge on any atom is 0.303 e. The first kappa shape index (κ1) is 24.3. The summed E-state index contributed by atoms with van der Waals surface area (Å²) in [7, 11) is -0.250. The van der Waals surface area contributed by atoms with Gasteiger partial charge in [0.15, 0.2) is 17.6 Å². The SMILES string of the molecule is CO[C@]1(c2ccccc2)CS(=O)[C@@H]2O[C@H](COC(C)=O)[C@H](OC(C)=O)[C@H](OC(C)=O)[C@H]2O1. The fourth-order valence-corrected chi connectivity index (χ4v) is 5.47. The molecular formula is C21H26O10S. The highest BCUT2D eigenvalue weighted by Crippen LogP contribution is 2.41. The predicted molar refractivity (Wildman–Crippen MR) is 109 cm³/mol. The van der Waals surface area contributed by atoms with Crippen LogP contribution in [0, 0.1) is 0 Å². The molecule has 3 rings (SSSR count). The van der Waals surface area contributed by atoms with Crippen LogP contribution in [0.4, 0.5) is 0 Å². The monoisotopic (exact) mass is 470 g/mol. The maximum absolute atomic E-state index is 13.3. The fraction of sp³-hybridized carbons (Fsp3) is 0.571. The van der Waals surface area contributed by atoms with Crippen molar-refractivity contribution in [2.24, 2.45) is 0 Å². The average molecular weight is 470 g/mol. The van der Waals surface area contributed by atoms with Crippen LogP contribution in [0.25, 0.3) is 0 Å². The van der Waals surface area contributed by atoms with Crippen molar-refractivity contribution in [3.8, 4) is 0 Å². The third-order valence-electron chi connectivity index (χ3n) is 5.11. The lowest BCUT2D eigenvalue weighted by atomic mass is 9.98. The normalized spacial score (nSPS) is 34.1. The largest absolute Gasteiger partial charge is 0.463 e. The molecule has 0 bridgehead atoms. The van der Waals surface area contributed by atoms with Crippen molar-refractivity contribution in [1.29, 1.82) is 0 Å². The van der Waals surface area contributed by atoms with Crippen LogP contribution >= 0.6 is 0 Å². The summed E-state index contributed by atoms with van der Waals surface area (Å²) in [6, 6.07) is 8.91. The molecule has 1 aromatic carbocycles. The Labute approximate surface area is 187 Å². The highest BCUT2D eigenvalue weighted by Gasteiger charge is 2.59. The van der Waals surface area contributed by atoms with Crippen LogP contribution in [0.5, 0.6) is 0 Å². The predicted octanol–water partition coefficient (Wildman–Crippen LogP) is 0.785. The van der Waals surface area contributed by atoms with Crippen molar-refractivity contribution in [3.63, 3.8) is 0 Å². The first-order chi connectivity index (χ1) is 15.2. The topological polar surface area (TPSA) is 124 Å². The number of hydrogen-bond acceptors (Lipinski definition) is 10. The van der Waals surface area contributed by atoms with Crippen molar-refractivity contribution in [2.45, 2.75) is 56.4 Å². The van der Waals surface area contributed by atoms with Gasteiger partial charge in [-0.05, 0) is 0 Å². The first-order valence-electron chi connectivity index (χ1n) is 9.96. The van der Waals surface area contributed by atoms with Crippen LogP contribution in [0.15, 0.2) is 30.3 Å². The van der Waals surface area contributed by atoms with Crippen molar-refractivity contribution in [3.05, 3.63) is 35.9 Å². The van der Waals surface area contributed by atoms with Crippen molar-refractivity contribution >= 4 is 28.7 Å². The highest BCUT2D eigenvalue weighted by molar-refractivity contribution is 7.85. The average Bonchev–Trinajstić information content (AvgIpc) is 2.74. The molecular weight excluding hydrogens is 444 g/mol. The molecule has 0 saturated carbocycles. The molecule has 7 atom stereocenters. The highest BCUT2D eigenvalue weighted by atomic mass is 32.2. The van der Waals surface area contributed by atoms with E-state index >= 15 is 0 Å². The van der Waals surface area contributed by atoms with E-state index in [1.54, 1.807) is 24.3 Å². The van der Waals surface area contributed by atoms with Gasteiger partial charge in [0.2, 0.25) is 5.79 Å². The molecule has 176 valence electrons. The molecule has 2 fully saturated rings. The zero-order chi connectivity index (χ0) is 23.5. The van der Waals surface area contributed by atoms with Gasteiger partial charge in [-0.3, -0.25) is 18.6 Å². The van der Waals surface area contributed by atoms with E-state index in [4.69, 9.17) is 28.4 Å². The molecule has 0 aromatic heterocycles. The van der Waals surface area contributed by atoms with Crippen LogP contribution in [-0.4, -0.2) is 71.4 Å². The molecule has 32 heavy (non-hydrogen) atoms. The molecule has 2 heterocycles. The van der Waals surface area contributed by atoms with Gasteiger partial charge in [0.1, 0.15) is 18.8 Å². The second kappa shape index (κ2) is 10.1. The van der Waals surface area contributed by atoms with Crippen LogP contribution in [0.2, 0.25) is 0 Å². The zero-order valence-electron chi connectivity index (χ0n) is 18.2. The third-order valence-corrected chi connectivity index (χ3v) is 6.67. The van der Waals surface area contributed by atoms with E-state index in [-0.39, 0.29) is 12.4 Å². The minimum Gasteiger partial charge on any atom is -0.463 e. The summed E-state index contributed by atoms with van der Waals surface area (Å²) >= 11 is 0. The van der Waals surface area contributed by atoms with Crippen LogP contribution in [0.1, 0.15) is 26.3 Å². The summed E-state index contributed by atoms with van der Waals surface area (Å²) in [5.41, 5.74) is -0.430. The number of methoxy groups -OCH3 is 1. The fourth-order valence-electron chi connectivity index (χ4n) is 3.80. The van der Waals surface area contributed by atoms with E-state index in [1.165, 1.54) is 27.9 Å². The van der Waals surface area contributed by atoms with E-state index < -0.39 is 64.3 Å². The van der Waals surface area contributed by atoms with Gasteiger partial charge in [-0.2, -0.15) is 0 Å². The standard InChI is InChI=1S/C21H26O10S/c1-12(22)27-10-16-17(28-13(2)23)18(29-14(3)24)19-20(30-16)32(25)11-21(26-4,31-19)15-8-6-5-7-9-15/h5-9,16-20H,10-11H2,1-4H3/t16-,17+,18+,19-,20+,21-,32?/m1/s1. The minimum atomic E-state index is -1.67. The lowest BCUT2D eigenvalue weighted by molar-refractivity contribution is -0.312. The summed E-state index contributed by atoms with van der Waals surface area (Å²) in [6.45, 7) is 3.30. The van der Waals surface area contributed by atoms with Crippen molar-refractivity contribution < 1.29 is 47.0 Å². The van der Waals surface area contributed by atoms with Crippen LogP contribution < -0.4 is 0 Å². The van der Waals surface area contributed by atoms with Gasteiger partial charge in [0.05, 0.1) is 16.6 Å². The quantitative estimate of drug-likeness (QED) is 0.435. The lowest BCUT2D eigenvalue weighted by Crippen LogP contribution is -2.67. The van der Waals surface area contributed by atoms with Crippen molar-refractivity contribution in [2.75, 3.05) is 19.5 Å². The number of carbonyl (C=O) groups excluding carboxylic acids is 3. The Morgan fingerprint density at radius 2 is 1.66 bits per heavy atom. The number of hydrogen-bond donors (Lipinski definition) is 0. The van der Waals surface area contributed by atoms with Gasteiger partial charge >= 0.3 is 17.9 Å². The Balaban J connectivity index is 2.01. The summed E-state index contributed by atoms with van der Waals surface area (Å²) in [5, 5.41) is 0. The smallest absolute Gasteiger partial charge is 0.303 e. The number of ether oxygens (including phenoxy) is 6. The van der Waals surface area contributed by atoms with E-state index in [2.05, 4.69) is 0 Å². The molecule has 0 radical (unpaired) electrons. The maximum atomic E-state index is 13.3. The molecule has 11 heteroatoms. The number of rotatable bonds is 6. The Morgan fingerprint density at radius 3 is 2.22 bits per heavy atom. The molecule has 0 N–H and O–H groups in total. The molecule has 0 amide bonds. The van der Waals surface area contributed by atoms with Gasteiger partial charge in [0, 0.05) is 33.4 Å². The number of benzene rings is 1. The van der Waals surface area contributed by atoms with Crippen LogP contribution in [0.3, 0.4) is 0 Å². The van der Waals surface area contributed by atoms with Crippen LogP contribution in [-0.2, 0) is 59.4 Å². The Bertz CT molecular complexity index is 875. The Hall–Kier alpha value is -2.34. The van der Waals surface area contributed by atoms with Gasteiger partial charge in [0.25, 0.3) is 0 Å². The third kappa shape index (κ3) is 5.17. The minimum absolute atomic E-state index is 0.0556. The molecule has 0 spiro atoms. The summed E-state index contributed by atoms with van der Waals surface area (Å²) < 4.78 is 47.1. The van der Waals surface area contributed by atoms with E-state index in [0.717, 1.165) is 0 Å². The first-order valence-corrected chi connectivity index (χ1v) is 11.3. The Morgan fingerprint density at radius 1 is 1.03 bits per heavy atom. The molecule has 1 unspecified atom stereocenters. The van der Waals surface area contributed by atoms with Crippen molar-refractivity contribution in [1.82, 2.24) is 0 Å². The second-order valence-corrected chi connectivity index (χ2v) is 8.94. The van der Waals surface area contributed by atoms with Gasteiger partial charge < -0.3 is 28.4 Å². The Kier molecular flexibility index (Phi) is 7.65. The molecule has 0 aliphatic carbocycles. The van der Waals surface area contributed by atoms with Gasteiger partial charge in [-0.1, -0.05) is 30.3 Å². The van der Waals surface area contributed by atoms with E-state index in [1.807, 2.05) is 6.07 Å². The number of carbonyl (C=O) groups is 3. The van der Waals surface area contributed by atoms with Gasteiger partial charge in [-0.15, -0.1) is 0 Å². The molecule has 2 aliphatic heterocycles. The zero-order valence-corrected chi connectivity index (χ0v) is 19.0. The summed E-state index contributed by atoms with van der Waals surface area (Å²) in [6.07, 6.45) is -4.46. The van der Waals surface area contributed by atoms with E-state index in [9.17, 15) is 18.6 Å². The molecule has 10 nitrogen and oxygen atoms in total. The second-order valence-electron chi connectivity index (χ2n) is 7.42. The number of fused-ring (bicyclic) bond motifs is 1. The summed E-state index contributed by atoms with van der Waals surface area (Å²) in [5.74, 6) is -3.37.